The SMILES string of the molecule is N/C=C(\O)c1ccc(OCc2ccccc2)c(CO)c1. The summed E-state index contributed by atoms with van der Waals surface area (Å²) in [5, 5.41) is 18.9. The highest BCUT2D eigenvalue weighted by atomic mass is 16.5. The minimum Gasteiger partial charge on any atom is -0.506 e. The van der Waals surface area contributed by atoms with Gasteiger partial charge in [-0.2, -0.15) is 0 Å². The van der Waals surface area contributed by atoms with Crippen LogP contribution in [0.1, 0.15) is 16.7 Å². The molecule has 0 aliphatic rings. The minimum atomic E-state index is -0.171. The first-order chi connectivity index (χ1) is 9.74. The Morgan fingerprint density at radius 1 is 1.15 bits per heavy atom. The van der Waals surface area contributed by atoms with Crippen LogP contribution in [0.5, 0.6) is 5.75 Å². The lowest BCUT2D eigenvalue weighted by atomic mass is 10.1. The molecule has 2 aromatic carbocycles. The van der Waals surface area contributed by atoms with Gasteiger partial charge in [-0.15, -0.1) is 0 Å². The van der Waals surface area contributed by atoms with Crippen molar-refractivity contribution in [1.82, 2.24) is 0 Å². The van der Waals surface area contributed by atoms with Crippen molar-refractivity contribution in [2.45, 2.75) is 13.2 Å². The number of nitrogens with two attached hydrogens (primary N) is 1. The van der Waals surface area contributed by atoms with Crippen molar-refractivity contribution in [3.8, 4) is 5.75 Å². The maximum absolute atomic E-state index is 9.56. The van der Waals surface area contributed by atoms with Crippen LogP contribution in [0, 0.1) is 0 Å². The van der Waals surface area contributed by atoms with Gasteiger partial charge in [-0.3, -0.25) is 0 Å². The molecule has 0 bridgehead atoms. The van der Waals surface area contributed by atoms with Gasteiger partial charge in [0.05, 0.1) is 6.61 Å². The van der Waals surface area contributed by atoms with Gasteiger partial charge in [0.2, 0.25) is 0 Å². The smallest absolute Gasteiger partial charge is 0.138 e. The third-order valence-corrected chi connectivity index (χ3v) is 2.92. The molecule has 4 heteroatoms. The Hall–Kier alpha value is -2.46. The largest absolute Gasteiger partial charge is 0.506 e. The molecule has 0 radical (unpaired) electrons. The van der Waals surface area contributed by atoms with Gasteiger partial charge in [0.1, 0.15) is 18.1 Å². The van der Waals surface area contributed by atoms with Crippen LogP contribution in [0.2, 0.25) is 0 Å². The van der Waals surface area contributed by atoms with E-state index in [1.165, 1.54) is 0 Å². The summed E-state index contributed by atoms with van der Waals surface area (Å²) in [5.41, 5.74) is 7.46. The number of hydrogen-bond acceptors (Lipinski definition) is 4. The molecule has 2 rings (SSSR count). The van der Waals surface area contributed by atoms with E-state index in [0.29, 0.717) is 23.5 Å². The van der Waals surface area contributed by atoms with E-state index in [0.717, 1.165) is 11.8 Å². The van der Waals surface area contributed by atoms with Crippen molar-refractivity contribution < 1.29 is 14.9 Å². The van der Waals surface area contributed by atoms with Crippen molar-refractivity contribution >= 4 is 5.76 Å². The van der Waals surface area contributed by atoms with Gasteiger partial charge in [-0.05, 0) is 23.8 Å². The molecular formula is C16H17NO3. The lowest BCUT2D eigenvalue weighted by Gasteiger charge is -2.11. The fraction of sp³-hybridized carbons (Fsp3) is 0.125. The predicted octanol–water partition coefficient (Wildman–Crippen LogP) is 2.57. The van der Waals surface area contributed by atoms with Crippen LogP contribution < -0.4 is 10.5 Å². The highest BCUT2D eigenvalue weighted by Crippen LogP contribution is 2.24. The van der Waals surface area contributed by atoms with Crippen molar-refractivity contribution in [2.75, 3.05) is 0 Å². The molecule has 0 aromatic heterocycles. The molecule has 0 saturated heterocycles. The number of rotatable bonds is 5. The van der Waals surface area contributed by atoms with E-state index < -0.39 is 0 Å². The zero-order valence-corrected chi connectivity index (χ0v) is 11.0. The zero-order chi connectivity index (χ0) is 14.4. The minimum absolute atomic E-state index is 0.0330. The molecule has 0 aliphatic heterocycles. The van der Waals surface area contributed by atoms with E-state index in [4.69, 9.17) is 10.5 Å². The monoisotopic (exact) mass is 271 g/mol. The Kier molecular flexibility index (Phi) is 4.63. The second-order valence-corrected chi connectivity index (χ2v) is 4.31. The van der Waals surface area contributed by atoms with Gasteiger partial charge in [0.25, 0.3) is 0 Å². The summed E-state index contributed by atoms with van der Waals surface area (Å²) in [5.74, 6) is 0.555. The van der Waals surface area contributed by atoms with E-state index >= 15 is 0 Å². The first-order valence-electron chi connectivity index (χ1n) is 6.26. The number of aliphatic hydroxyl groups is 2. The van der Waals surface area contributed by atoms with E-state index in [1.54, 1.807) is 18.2 Å². The van der Waals surface area contributed by atoms with Crippen LogP contribution in [0.3, 0.4) is 0 Å². The summed E-state index contributed by atoms with van der Waals surface area (Å²) in [6.45, 7) is 0.252. The number of benzene rings is 2. The molecule has 0 spiro atoms. The molecule has 20 heavy (non-hydrogen) atoms. The second kappa shape index (κ2) is 6.63. The van der Waals surface area contributed by atoms with Crippen LogP contribution in [0.15, 0.2) is 54.7 Å². The number of ether oxygens (including phenoxy) is 1. The van der Waals surface area contributed by atoms with Gasteiger partial charge < -0.3 is 20.7 Å². The lowest BCUT2D eigenvalue weighted by molar-refractivity contribution is 0.259. The van der Waals surface area contributed by atoms with Gasteiger partial charge in [0.15, 0.2) is 0 Å². The molecule has 4 nitrogen and oxygen atoms in total. The Balaban J connectivity index is 2.16. The number of aliphatic hydroxyl groups excluding tert-OH is 2. The van der Waals surface area contributed by atoms with Gasteiger partial charge in [-0.25, -0.2) is 0 Å². The highest BCUT2D eigenvalue weighted by Gasteiger charge is 2.07. The first-order valence-corrected chi connectivity index (χ1v) is 6.26. The third kappa shape index (κ3) is 3.30. The summed E-state index contributed by atoms with van der Waals surface area (Å²) in [6, 6.07) is 14.8. The average Bonchev–Trinajstić information content (AvgIpc) is 2.53. The van der Waals surface area contributed by atoms with E-state index in [9.17, 15) is 10.2 Å². The Bertz CT molecular complexity index is 594. The van der Waals surface area contributed by atoms with Crippen LogP contribution in [-0.2, 0) is 13.2 Å². The van der Waals surface area contributed by atoms with Crippen LogP contribution >= 0.6 is 0 Å². The molecule has 0 fully saturated rings. The second-order valence-electron chi connectivity index (χ2n) is 4.31. The number of hydrogen-bond donors (Lipinski definition) is 3. The molecule has 0 saturated carbocycles. The van der Waals surface area contributed by atoms with Crippen molar-refractivity contribution in [1.29, 1.82) is 0 Å². The maximum Gasteiger partial charge on any atom is 0.138 e. The molecule has 0 atom stereocenters. The normalized spacial score (nSPS) is 11.3. The fourth-order valence-corrected chi connectivity index (χ4v) is 1.83. The highest BCUT2D eigenvalue weighted by molar-refractivity contribution is 5.60. The fourth-order valence-electron chi connectivity index (χ4n) is 1.83. The summed E-state index contributed by atoms with van der Waals surface area (Å²) in [6.07, 6.45) is 1.11. The topological polar surface area (TPSA) is 75.7 Å². The lowest BCUT2D eigenvalue weighted by Crippen LogP contribution is -2.00. The van der Waals surface area contributed by atoms with Crippen LogP contribution in [0.4, 0.5) is 0 Å². The Labute approximate surface area is 117 Å². The van der Waals surface area contributed by atoms with Crippen LogP contribution in [0.25, 0.3) is 5.76 Å². The zero-order valence-electron chi connectivity index (χ0n) is 11.0. The summed E-state index contributed by atoms with van der Waals surface area (Å²) < 4.78 is 5.69. The van der Waals surface area contributed by atoms with E-state index in [-0.39, 0.29) is 12.4 Å². The standard InChI is InChI=1S/C16H17NO3/c17-9-15(19)13-6-7-16(14(8-13)10-18)20-11-12-4-2-1-3-5-12/h1-9,18-19H,10-11,17H2/b15-9-. The van der Waals surface area contributed by atoms with E-state index in [2.05, 4.69) is 0 Å². The molecule has 0 unspecified atom stereocenters. The molecule has 0 amide bonds. The Morgan fingerprint density at radius 2 is 1.90 bits per heavy atom. The van der Waals surface area contributed by atoms with Crippen molar-refractivity contribution in [2.24, 2.45) is 5.73 Å². The van der Waals surface area contributed by atoms with Crippen molar-refractivity contribution in [3.05, 3.63) is 71.4 Å². The summed E-state index contributed by atoms with van der Waals surface area (Å²) >= 11 is 0. The molecule has 104 valence electrons. The summed E-state index contributed by atoms with van der Waals surface area (Å²) in [7, 11) is 0. The molecule has 4 N–H and O–H groups in total. The van der Waals surface area contributed by atoms with Gasteiger partial charge in [0, 0.05) is 17.3 Å². The molecule has 2 aromatic rings. The quantitative estimate of drug-likeness (QED) is 0.731. The molecule has 0 heterocycles. The average molecular weight is 271 g/mol. The van der Waals surface area contributed by atoms with Gasteiger partial charge >= 0.3 is 0 Å². The first kappa shape index (κ1) is 14.0. The molecule has 0 aliphatic carbocycles. The van der Waals surface area contributed by atoms with Crippen LogP contribution in [-0.4, -0.2) is 10.2 Å². The Morgan fingerprint density at radius 3 is 2.55 bits per heavy atom. The maximum atomic E-state index is 9.56. The summed E-state index contributed by atoms with van der Waals surface area (Å²) in [4.78, 5) is 0. The van der Waals surface area contributed by atoms with Crippen molar-refractivity contribution in [3.63, 3.8) is 0 Å². The molecular weight excluding hydrogens is 254 g/mol. The third-order valence-electron chi connectivity index (χ3n) is 2.92. The van der Waals surface area contributed by atoms with Gasteiger partial charge in [-0.1, -0.05) is 30.3 Å². The predicted molar refractivity (Wildman–Crippen MR) is 77.9 cm³/mol. The van der Waals surface area contributed by atoms with E-state index in [1.807, 2.05) is 30.3 Å².